The Balaban J connectivity index is 0.000000605. The third-order valence-corrected chi connectivity index (χ3v) is 3.52. The fraction of sp³-hybridized carbons (Fsp3) is 1.00. The second kappa shape index (κ2) is 3.32. The summed E-state index contributed by atoms with van der Waals surface area (Å²) < 4.78 is 0. The second-order valence-electron chi connectivity index (χ2n) is 4.04. The van der Waals surface area contributed by atoms with Crippen LogP contribution in [0.4, 0.5) is 0 Å². The van der Waals surface area contributed by atoms with Crippen LogP contribution in [0.15, 0.2) is 0 Å². The van der Waals surface area contributed by atoms with Gasteiger partial charge in [0.15, 0.2) is 0 Å². The van der Waals surface area contributed by atoms with Gasteiger partial charge in [-0.25, -0.2) is 0 Å². The zero-order chi connectivity index (χ0) is 7.03. The summed E-state index contributed by atoms with van der Waals surface area (Å²) >= 11 is 0. The molecule has 0 bridgehead atoms. The number of nitrogens with two attached hydrogens (primary N) is 1. The Morgan fingerprint density at radius 3 is 2.36 bits per heavy atom. The first kappa shape index (κ1) is 9.34. The molecule has 2 saturated carbocycles. The summed E-state index contributed by atoms with van der Waals surface area (Å²) in [6, 6.07) is 0. The quantitative estimate of drug-likeness (QED) is 0.651. The topological polar surface area (TPSA) is 26.0 Å². The van der Waals surface area contributed by atoms with Crippen molar-refractivity contribution in [2.75, 3.05) is 6.54 Å². The summed E-state index contributed by atoms with van der Waals surface area (Å²) in [6.07, 6.45) is 8.76. The Bertz CT molecular complexity index is 132. The van der Waals surface area contributed by atoms with Crippen molar-refractivity contribution in [3.8, 4) is 0 Å². The lowest BCUT2D eigenvalue weighted by atomic mass is 9.76. The maximum Gasteiger partial charge on any atom is -0.00436 e. The van der Waals surface area contributed by atoms with Gasteiger partial charge in [0.05, 0.1) is 0 Å². The van der Waals surface area contributed by atoms with Gasteiger partial charge in [-0.05, 0) is 43.6 Å². The molecular formula is C9H18ClN. The molecule has 0 amide bonds. The number of rotatable bonds is 1. The normalized spacial score (nSPS) is 33.0. The van der Waals surface area contributed by atoms with E-state index in [1.807, 2.05) is 0 Å². The van der Waals surface area contributed by atoms with E-state index in [0.29, 0.717) is 0 Å². The predicted octanol–water partition coefficient (Wildman–Crippen LogP) is 2.34. The molecule has 2 aliphatic rings. The van der Waals surface area contributed by atoms with Crippen molar-refractivity contribution < 1.29 is 0 Å². The zero-order valence-electron chi connectivity index (χ0n) is 7.01. The van der Waals surface area contributed by atoms with Crippen LogP contribution in [0, 0.1) is 11.3 Å². The van der Waals surface area contributed by atoms with Crippen molar-refractivity contribution in [1.29, 1.82) is 0 Å². The molecule has 0 saturated heterocycles. The lowest BCUT2D eigenvalue weighted by Crippen LogP contribution is -2.27. The Morgan fingerprint density at radius 1 is 1.18 bits per heavy atom. The smallest absolute Gasteiger partial charge is 0.00436 e. The van der Waals surface area contributed by atoms with Crippen LogP contribution in [0.25, 0.3) is 0 Å². The van der Waals surface area contributed by atoms with Gasteiger partial charge < -0.3 is 5.73 Å². The average Bonchev–Trinajstić information content (AvgIpc) is 2.71. The van der Waals surface area contributed by atoms with Gasteiger partial charge in [0.2, 0.25) is 0 Å². The average molecular weight is 176 g/mol. The third-order valence-electron chi connectivity index (χ3n) is 3.52. The maximum absolute atomic E-state index is 5.72. The lowest BCUT2D eigenvalue weighted by molar-refractivity contribution is 0.220. The van der Waals surface area contributed by atoms with Crippen molar-refractivity contribution in [2.45, 2.75) is 38.5 Å². The fourth-order valence-corrected chi connectivity index (χ4v) is 2.56. The minimum Gasteiger partial charge on any atom is -0.330 e. The van der Waals surface area contributed by atoms with Crippen LogP contribution in [-0.2, 0) is 0 Å². The van der Waals surface area contributed by atoms with Crippen molar-refractivity contribution in [1.82, 2.24) is 0 Å². The number of halogens is 1. The van der Waals surface area contributed by atoms with Crippen LogP contribution >= 0.6 is 12.4 Å². The third kappa shape index (κ3) is 1.54. The molecule has 66 valence electrons. The van der Waals surface area contributed by atoms with Crippen molar-refractivity contribution in [2.24, 2.45) is 17.1 Å². The molecule has 1 atom stereocenters. The minimum absolute atomic E-state index is 0. The number of hydrogen-bond acceptors (Lipinski definition) is 1. The fourth-order valence-electron chi connectivity index (χ4n) is 2.56. The summed E-state index contributed by atoms with van der Waals surface area (Å²) in [5.41, 5.74) is 6.49. The van der Waals surface area contributed by atoms with Crippen LogP contribution < -0.4 is 5.73 Å². The lowest BCUT2D eigenvalue weighted by Gasteiger charge is -2.30. The Hall–Kier alpha value is 0.250. The van der Waals surface area contributed by atoms with Gasteiger partial charge in [-0.2, -0.15) is 0 Å². The summed E-state index contributed by atoms with van der Waals surface area (Å²) in [6.45, 7) is 0.944. The molecule has 1 nitrogen and oxygen atoms in total. The van der Waals surface area contributed by atoms with E-state index >= 15 is 0 Å². The molecule has 0 radical (unpaired) electrons. The van der Waals surface area contributed by atoms with Crippen molar-refractivity contribution in [3.05, 3.63) is 0 Å². The Kier molecular flexibility index (Phi) is 2.82. The van der Waals surface area contributed by atoms with Gasteiger partial charge in [0.25, 0.3) is 0 Å². The van der Waals surface area contributed by atoms with Gasteiger partial charge in [-0.15, -0.1) is 12.4 Å². The first-order valence-corrected chi connectivity index (χ1v) is 4.57. The zero-order valence-corrected chi connectivity index (χ0v) is 7.83. The monoisotopic (exact) mass is 175 g/mol. The van der Waals surface area contributed by atoms with E-state index in [4.69, 9.17) is 5.73 Å². The van der Waals surface area contributed by atoms with Gasteiger partial charge in [0, 0.05) is 0 Å². The van der Waals surface area contributed by atoms with E-state index < -0.39 is 0 Å². The molecule has 2 N–H and O–H groups in total. The van der Waals surface area contributed by atoms with E-state index in [-0.39, 0.29) is 12.4 Å². The molecule has 1 spiro atoms. The Labute approximate surface area is 75.1 Å². The van der Waals surface area contributed by atoms with Crippen LogP contribution in [-0.4, -0.2) is 6.54 Å². The molecule has 2 aliphatic carbocycles. The summed E-state index contributed by atoms with van der Waals surface area (Å²) in [5, 5.41) is 0. The highest BCUT2D eigenvalue weighted by atomic mass is 35.5. The van der Waals surface area contributed by atoms with Crippen LogP contribution in [0.3, 0.4) is 0 Å². The van der Waals surface area contributed by atoms with Gasteiger partial charge >= 0.3 is 0 Å². The highest BCUT2D eigenvalue weighted by Crippen LogP contribution is 2.59. The molecular weight excluding hydrogens is 158 g/mol. The molecule has 2 rings (SSSR count). The molecule has 0 aromatic carbocycles. The molecule has 1 unspecified atom stereocenters. The molecule has 0 aliphatic heterocycles. The van der Waals surface area contributed by atoms with E-state index in [1.54, 1.807) is 0 Å². The SMILES string of the molecule is Cl.NCC1CCCCC12CC2. The number of hydrogen-bond donors (Lipinski definition) is 1. The van der Waals surface area contributed by atoms with Gasteiger partial charge in [-0.1, -0.05) is 12.8 Å². The standard InChI is InChI=1S/C9H17N.ClH/c10-7-8-3-1-2-4-9(8)5-6-9;/h8H,1-7,10H2;1H. The van der Waals surface area contributed by atoms with E-state index in [9.17, 15) is 0 Å². The predicted molar refractivity (Wildman–Crippen MR) is 49.9 cm³/mol. The highest BCUT2D eigenvalue weighted by Gasteiger charge is 2.48. The second-order valence-corrected chi connectivity index (χ2v) is 4.04. The molecule has 0 heterocycles. The van der Waals surface area contributed by atoms with Crippen molar-refractivity contribution in [3.63, 3.8) is 0 Å². The Morgan fingerprint density at radius 2 is 1.91 bits per heavy atom. The van der Waals surface area contributed by atoms with Crippen molar-refractivity contribution >= 4 is 12.4 Å². The maximum atomic E-state index is 5.72. The molecule has 11 heavy (non-hydrogen) atoms. The summed E-state index contributed by atoms with van der Waals surface area (Å²) in [7, 11) is 0. The molecule has 0 aromatic heterocycles. The summed E-state index contributed by atoms with van der Waals surface area (Å²) in [4.78, 5) is 0. The molecule has 0 aromatic rings. The first-order chi connectivity index (χ1) is 4.87. The van der Waals surface area contributed by atoms with Crippen LogP contribution in [0.1, 0.15) is 38.5 Å². The largest absolute Gasteiger partial charge is 0.330 e. The van der Waals surface area contributed by atoms with Gasteiger partial charge in [0.1, 0.15) is 0 Å². The molecule has 2 fully saturated rings. The summed E-state index contributed by atoms with van der Waals surface area (Å²) in [5.74, 6) is 0.890. The first-order valence-electron chi connectivity index (χ1n) is 4.57. The van der Waals surface area contributed by atoms with Crippen LogP contribution in [0.2, 0.25) is 0 Å². The molecule has 2 heteroatoms. The van der Waals surface area contributed by atoms with E-state index in [1.165, 1.54) is 38.5 Å². The van der Waals surface area contributed by atoms with Gasteiger partial charge in [-0.3, -0.25) is 0 Å². The highest BCUT2D eigenvalue weighted by molar-refractivity contribution is 5.85. The van der Waals surface area contributed by atoms with Crippen LogP contribution in [0.5, 0.6) is 0 Å². The van der Waals surface area contributed by atoms with E-state index in [0.717, 1.165) is 17.9 Å². The van der Waals surface area contributed by atoms with E-state index in [2.05, 4.69) is 0 Å². The minimum atomic E-state index is 0.